The Morgan fingerprint density at radius 1 is 0.400 bits per heavy atom. The molecule has 2 atom stereocenters. The highest BCUT2D eigenvalue weighted by molar-refractivity contribution is 5.76. The molecule has 3 N–H and O–H groups in total. The van der Waals surface area contributed by atoms with Crippen LogP contribution in [-0.4, -0.2) is 47.4 Å². The minimum absolute atomic E-state index is 0.00407. The summed E-state index contributed by atoms with van der Waals surface area (Å²) in [4.78, 5) is 24.6. The van der Waals surface area contributed by atoms with Crippen molar-refractivity contribution in [2.24, 2.45) is 0 Å². The molecule has 0 aliphatic heterocycles. The fourth-order valence-corrected chi connectivity index (χ4v) is 9.61. The summed E-state index contributed by atoms with van der Waals surface area (Å²) in [5, 5.41) is 23.3. The molecule has 0 aromatic carbocycles. The van der Waals surface area contributed by atoms with Gasteiger partial charge in [-0.3, -0.25) is 9.59 Å². The lowest BCUT2D eigenvalue weighted by Gasteiger charge is -2.22. The first-order valence-electron chi connectivity index (χ1n) is 31.2. The van der Waals surface area contributed by atoms with Crippen molar-refractivity contribution in [1.29, 1.82) is 0 Å². The highest BCUT2D eigenvalue weighted by Crippen LogP contribution is 2.17. The summed E-state index contributed by atoms with van der Waals surface area (Å²) in [6.45, 7) is 4.93. The van der Waals surface area contributed by atoms with E-state index in [4.69, 9.17) is 4.74 Å². The first kappa shape index (κ1) is 68.1. The maximum atomic E-state index is 12.5. The van der Waals surface area contributed by atoms with Gasteiger partial charge in [-0.05, 0) is 83.5 Å². The van der Waals surface area contributed by atoms with Crippen LogP contribution in [0.4, 0.5) is 0 Å². The predicted molar refractivity (Wildman–Crippen MR) is 306 cm³/mol. The summed E-state index contributed by atoms with van der Waals surface area (Å²) < 4.78 is 5.49. The third kappa shape index (κ3) is 55.4. The third-order valence-corrected chi connectivity index (χ3v) is 14.4. The number of nitrogens with one attached hydrogen (secondary N) is 1. The summed E-state index contributed by atoms with van der Waals surface area (Å²) in [5.41, 5.74) is 0. The molecule has 412 valence electrons. The number of amides is 1. The number of carbonyl (C=O) groups excluding carboxylic acids is 2. The second kappa shape index (κ2) is 59.6. The minimum Gasteiger partial charge on any atom is -0.466 e. The molecule has 0 aliphatic rings. The molecule has 0 bridgehead atoms. The van der Waals surface area contributed by atoms with Crippen molar-refractivity contribution in [1.82, 2.24) is 5.32 Å². The van der Waals surface area contributed by atoms with Gasteiger partial charge in [0.05, 0.1) is 25.4 Å². The van der Waals surface area contributed by atoms with Crippen LogP contribution in [0.15, 0.2) is 36.5 Å². The fourth-order valence-electron chi connectivity index (χ4n) is 9.61. The van der Waals surface area contributed by atoms with Gasteiger partial charge in [-0.25, -0.2) is 0 Å². The Hall–Kier alpha value is -1.92. The van der Waals surface area contributed by atoms with Crippen LogP contribution >= 0.6 is 0 Å². The van der Waals surface area contributed by atoms with E-state index in [1.165, 1.54) is 238 Å². The average Bonchev–Trinajstić information content (AvgIpc) is 3.36. The van der Waals surface area contributed by atoms with Gasteiger partial charge in [-0.1, -0.05) is 275 Å². The molecule has 0 aromatic rings. The topological polar surface area (TPSA) is 95.9 Å². The molecule has 0 aliphatic carbocycles. The number of hydrogen-bond donors (Lipinski definition) is 3. The van der Waals surface area contributed by atoms with Crippen molar-refractivity contribution in [2.75, 3.05) is 13.2 Å². The number of unbranched alkanes of at least 4 members (excludes halogenated alkanes) is 41. The van der Waals surface area contributed by atoms with Crippen molar-refractivity contribution in [3.63, 3.8) is 0 Å². The zero-order valence-electron chi connectivity index (χ0n) is 47.0. The third-order valence-electron chi connectivity index (χ3n) is 14.4. The molecular formula is C64H121NO5. The Balaban J connectivity index is 3.44. The van der Waals surface area contributed by atoms with Crippen molar-refractivity contribution in [3.05, 3.63) is 36.5 Å². The van der Waals surface area contributed by atoms with Gasteiger partial charge >= 0.3 is 5.97 Å². The smallest absolute Gasteiger partial charge is 0.305 e. The highest BCUT2D eigenvalue weighted by atomic mass is 16.5. The quantitative estimate of drug-likeness (QED) is 0.0321. The molecule has 0 fully saturated rings. The van der Waals surface area contributed by atoms with E-state index in [2.05, 4.69) is 55.6 Å². The molecular weight excluding hydrogens is 863 g/mol. The van der Waals surface area contributed by atoms with E-state index in [9.17, 15) is 19.8 Å². The van der Waals surface area contributed by atoms with Crippen LogP contribution in [0.5, 0.6) is 0 Å². The number of allylic oxidation sites excluding steroid dienone is 6. The molecule has 0 saturated carbocycles. The largest absolute Gasteiger partial charge is 0.466 e. The van der Waals surface area contributed by atoms with Gasteiger partial charge in [-0.15, -0.1) is 0 Å². The monoisotopic (exact) mass is 984 g/mol. The molecule has 6 heteroatoms. The lowest BCUT2D eigenvalue weighted by Crippen LogP contribution is -2.45. The Bertz CT molecular complexity index is 1130. The summed E-state index contributed by atoms with van der Waals surface area (Å²) in [6.07, 6.45) is 74.3. The van der Waals surface area contributed by atoms with Crippen LogP contribution < -0.4 is 5.32 Å². The summed E-state index contributed by atoms with van der Waals surface area (Å²) >= 11 is 0. The van der Waals surface area contributed by atoms with Crippen molar-refractivity contribution in [2.45, 2.75) is 347 Å². The van der Waals surface area contributed by atoms with Crippen LogP contribution in [0.3, 0.4) is 0 Å². The molecule has 70 heavy (non-hydrogen) atoms. The van der Waals surface area contributed by atoms with E-state index in [0.29, 0.717) is 25.9 Å². The van der Waals surface area contributed by atoms with E-state index in [1.807, 2.05) is 0 Å². The van der Waals surface area contributed by atoms with Crippen molar-refractivity contribution >= 4 is 11.9 Å². The van der Waals surface area contributed by atoms with Crippen LogP contribution in [0.2, 0.25) is 0 Å². The van der Waals surface area contributed by atoms with Crippen LogP contribution in [0.1, 0.15) is 335 Å². The van der Waals surface area contributed by atoms with Gasteiger partial charge < -0.3 is 20.3 Å². The first-order valence-corrected chi connectivity index (χ1v) is 31.2. The summed E-state index contributed by atoms with van der Waals surface area (Å²) in [6, 6.07) is -0.553. The normalized spacial score (nSPS) is 12.8. The SMILES string of the molecule is CCCCCC/C=C\C/C=C\CCCCCCCCCC(=O)OCCCCCCCCCCC/C=C\CCCCCCCC(=O)NC(CO)C(O)CCCCCCCCCCCCCCCCCCC. The molecule has 0 aromatic heterocycles. The first-order chi connectivity index (χ1) is 34.5. The zero-order chi connectivity index (χ0) is 50.7. The summed E-state index contributed by atoms with van der Waals surface area (Å²) in [7, 11) is 0. The van der Waals surface area contributed by atoms with Crippen LogP contribution in [0.25, 0.3) is 0 Å². The molecule has 0 saturated heterocycles. The van der Waals surface area contributed by atoms with Gasteiger partial charge in [0.15, 0.2) is 0 Å². The second-order valence-electron chi connectivity index (χ2n) is 21.4. The fraction of sp³-hybridized carbons (Fsp3) is 0.875. The average molecular weight is 985 g/mol. The number of carbonyl (C=O) groups is 2. The van der Waals surface area contributed by atoms with Gasteiger partial charge in [-0.2, -0.15) is 0 Å². The number of rotatable bonds is 58. The van der Waals surface area contributed by atoms with Crippen LogP contribution in [-0.2, 0) is 14.3 Å². The Morgan fingerprint density at radius 3 is 1.11 bits per heavy atom. The molecule has 0 radical (unpaired) electrons. The van der Waals surface area contributed by atoms with Crippen LogP contribution in [0, 0.1) is 0 Å². The van der Waals surface area contributed by atoms with Gasteiger partial charge in [0.2, 0.25) is 5.91 Å². The van der Waals surface area contributed by atoms with E-state index < -0.39 is 12.1 Å². The van der Waals surface area contributed by atoms with Gasteiger partial charge in [0.1, 0.15) is 0 Å². The van der Waals surface area contributed by atoms with Gasteiger partial charge in [0.25, 0.3) is 0 Å². The number of aliphatic hydroxyl groups is 2. The summed E-state index contributed by atoms with van der Waals surface area (Å²) in [5.74, 6) is -0.0517. The van der Waals surface area contributed by atoms with E-state index in [1.54, 1.807) is 0 Å². The maximum Gasteiger partial charge on any atom is 0.305 e. The van der Waals surface area contributed by atoms with Crippen molar-refractivity contribution < 1.29 is 24.5 Å². The molecule has 0 rings (SSSR count). The molecule has 1 amide bonds. The predicted octanol–water partition coefficient (Wildman–Crippen LogP) is 19.6. The van der Waals surface area contributed by atoms with Crippen molar-refractivity contribution in [3.8, 4) is 0 Å². The maximum absolute atomic E-state index is 12.5. The molecule has 0 spiro atoms. The Morgan fingerprint density at radius 2 is 0.714 bits per heavy atom. The zero-order valence-corrected chi connectivity index (χ0v) is 47.0. The van der Waals surface area contributed by atoms with Gasteiger partial charge in [0, 0.05) is 12.8 Å². The Kier molecular flexibility index (Phi) is 58.0. The number of aliphatic hydroxyl groups excluding tert-OH is 2. The lowest BCUT2D eigenvalue weighted by atomic mass is 10.0. The van der Waals surface area contributed by atoms with E-state index in [0.717, 1.165) is 64.2 Å². The minimum atomic E-state index is -0.674. The van der Waals surface area contributed by atoms with E-state index in [-0.39, 0.29) is 18.5 Å². The highest BCUT2D eigenvalue weighted by Gasteiger charge is 2.20. The number of ether oxygens (including phenoxy) is 1. The molecule has 0 heterocycles. The number of esters is 1. The molecule has 2 unspecified atom stereocenters. The lowest BCUT2D eigenvalue weighted by molar-refractivity contribution is -0.143. The second-order valence-corrected chi connectivity index (χ2v) is 21.4. The Labute approximate surface area is 436 Å². The van der Waals surface area contributed by atoms with E-state index >= 15 is 0 Å². The molecule has 6 nitrogen and oxygen atoms in total. The number of hydrogen-bond acceptors (Lipinski definition) is 5. The standard InChI is InChI=1S/C64H121NO5/c1-3-5-7-9-11-13-15-17-19-21-26-30-34-38-42-46-50-54-58-64(69)70-59-55-51-47-43-39-35-31-27-23-22-25-29-33-37-41-45-49-53-57-63(68)65-61(60-66)62(67)56-52-48-44-40-36-32-28-24-20-18-16-14-12-10-8-6-4-2/h13,15,19,21,25,29,61-62,66-67H,3-12,14,16-18,20,22-24,26-28,30-60H2,1-2H3,(H,65,68)/b15-13-,21-19-,29-25-.